The Morgan fingerprint density at radius 3 is 2.52 bits per heavy atom. The van der Waals surface area contributed by atoms with Crippen molar-refractivity contribution in [2.24, 2.45) is 0 Å². The van der Waals surface area contributed by atoms with Crippen LogP contribution in [-0.4, -0.2) is 22.4 Å². The van der Waals surface area contributed by atoms with E-state index in [-0.39, 0.29) is 34.0 Å². The van der Waals surface area contributed by atoms with Gasteiger partial charge in [0.05, 0.1) is 12.7 Å². The Labute approximate surface area is 155 Å². The SMILES string of the molecule is COc1cc(O)ccc1-c1oc2cc(O)cc(O)c2c(=O)c1CC=C(C)C. The zero-order valence-corrected chi connectivity index (χ0v) is 15.2. The second-order valence-electron chi connectivity index (χ2n) is 6.45. The van der Waals surface area contributed by atoms with Crippen LogP contribution in [0.4, 0.5) is 0 Å². The zero-order valence-electron chi connectivity index (χ0n) is 15.2. The third-order valence-electron chi connectivity index (χ3n) is 4.20. The van der Waals surface area contributed by atoms with E-state index in [2.05, 4.69) is 0 Å². The Morgan fingerprint density at radius 2 is 1.85 bits per heavy atom. The molecular weight excluding hydrogens is 348 g/mol. The first-order valence-corrected chi connectivity index (χ1v) is 8.34. The molecule has 0 saturated carbocycles. The van der Waals surface area contributed by atoms with Crippen molar-refractivity contribution in [3.05, 3.63) is 57.8 Å². The number of methoxy groups -OCH3 is 1. The Hall–Kier alpha value is -3.41. The van der Waals surface area contributed by atoms with Crippen molar-refractivity contribution in [1.82, 2.24) is 0 Å². The number of rotatable bonds is 4. The maximum atomic E-state index is 13.1. The highest BCUT2D eigenvalue weighted by Crippen LogP contribution is 2.38. The summed E-state index contributed by atoms with van der Waals surface area (Å²) in [5, 5.41) is 29.6. The molecule has 0 radical (unpaired) electrons. The van der Waals surface area contributed by atoms with Gasteiger partial charge in [-0.1, -0.05) is 11.6 Å². The fourth-order valence-electron chi connectivity index (χ4n) is 2.90. The van der Waals surface area contributed by atoms with Crippen LogP contribution in [0, 0.1) is 0 Å². The molecule has 0 amide bonds. The molecule has 3 N–H and O–H groups in total. The van der Waals surface area contributed by atoms with E-state index in [0.717, 1.165) is 11.6 Å². The first-order valence-electron chi connectivity index (χ1n) is 8.34. The van der Waals surface area contributed by atoms with Crippen LogP contribution < -0.4 is 10.2 Å². The van der Waals surface area contributed by atoms with Gasteiger partial charge in [0, 0.05) is 23.8 Å². The van der Waals surface area contributed by atoms with E-state index in [4.69, 9.17) is 9.15 Å². The summed E-state index contributed by atoms with van der Waals surface area (Å²) in [5.74, 6) is 0.0392. The van der Waals surface area contributed by atoms with Gasteiger partial charge in [-0.25, -0.2) is 0 Å². The molecule has 0 saturated heterocycles. The van der Waals surface area contributed by atoms with E-state index in [1.165, 1.54) is 25.3 Å². The number of fused-ring (bicyclic) bond motifs is 1. The summed E-state index contributed by atoms with van der Waals surface area (Å²) in [6.45, 7) is 3.83. The lowest BCUT2D eigenvalue weighted by Gasteiger charge is -2.13. The average Bonchev–Trinajstić information content (AvgIpc) is 2.59. The molecule has 3 rings (SSSR count). The Bertz CT molecular complexity index is 1100. The first kappa shape index (κ1) is 18.4. The molecule has 27 heavy (non-hydrogen) atoms. The van der Waals surface area contributed by atoms with Gasteiger partial charge >= 0.3 is 0 Å². The summed E-state index contributed by atoms with van der Waals surface area (Å²) in [4.78, 5) is 13.1. The maximum Gasteiger partial charge on any atom is 0.200 e. The lowest BCUT2D eigenvalue weighted by molar-refractivity contribution is 0.407. The van der Waals surface area contributed by atoms with Gasteiger partial charge < -0.3 is 24.5 Å². The van der Waals surface area contributed by atoms with Crippen LogP contribution in [0.1, 0.15) is 19.4 Å². The Kier molecular flexibility index (Phi) is 4.81. The van der Waals surface area contributed by atoms with Crippen molar-refractivity contribution in [1.29, 1.82) is 0 Å². The minimum absolute atomic E-state index is 0.00597. The number of phenols is 3. The van der Waals surface area contributed by atoms with Crippen molar-refractivity contribution >= 4 is 11.0 Å². The number of aromatic hydroxyl groups is 3. The van der Waals surface area contributed by atoms with Crippen molar-refractivity contribution in [3.8, 4) is 34.3 Å². The summed E-state index contributed by atoms with van der Waals surface area (Å²) >= 11 is 0. The van der Waals surface area contributed by atoms with E-state index >= 15 is 0 Å². The predicted molar refractivity (Wildman–Crippen MR) is 103 cm³/mol. The summed E-state index contributed by atoms with van der Waals surface area (Å²) in [6.07, 6.45) is 2.17. The van der Waals surface area contributed by atoms with Crippen LogP contribution in [0.3, 0.4) is 0 Å². The van der Waals surface area contributed by atoms with Crippen LogP contribution in [0.15, 0.2) is 51.2 Å². The van der Waals surface area contributed by atoms with Gasteiger partial charge in [-0.3, -0.25) is 4.79 Å². The number of allylic oxidation sites excluding steroid dienone is 2. The normalized spacial score (nSPS) is 10.8. The summed E-state index contributed by atoms with van der Waals surface area (Å²) in [7, 11) is 1.45. The lowest BCUT2D eigenvalue weighted by atomic mass is 10.00. The van der Waals surface area contributed by atoms with Gasteiger partial charge in [0.25, 0.3) is 0 Å². The monoisotopic (exact) mass is 368 g/mol. The first-order chi connectivity index (χ1) is 12.8. The summed E-state index contributed by atoms with van der Waals surface area (Å²) in [5.41, 5.74) is 1.51. The van der Waals surface area contributed by atoms with Crippen LogP contribution in [0.5, 0.6) is 23.0 Å². The van der Waals surface area contributed by atoms with E-state index in [0.29, 0.717) is 23.3 Å². The quantitative estimate of drug-likeness (QED) is 0.600. The number of benzene rings is 2. The minimum Gasteiger partial charge on any atom is -0.508 e. The van der Waals surface area contributed by atoms with Crippen molar-refractivity contribution in [3.63, 3.8) is 0 Å². The van der Waals surface area contributed by atoms with Gasteiger partial charge in [-0.15, -0.1) is 0 Å². The highest BCUT2D eigenvalue weighted by atomic mass is 16.5. The fraction of sp³-hybridized carbons (Fsp3) is 0.190. The molecular formula is C21H20O6. The van der Waals surface area contributed by atoms with Gasteiger partial charge in [-0.2, -0.15) is 0 Å². The summed E-state index contributed by atoms with van der Waals surface area (Å²) < 4.78 is 11.2. The third-order valence-corrected chi connectivity index (χ3v) is 4.20. The number of phenolic OH excluding ortho intramolecular Hbond substituents is 3. The Balaban J connectivity index is 2.41. The van der Waals surface area contributed by atoms with Crippen LogP contribution in [0.25, 0.3) is 22.3 Å². The zero-order chi connectivity index (χ0) is 19.7. The molecule has 0 aliphatic carbocycles. The standard InChI is InChI=1S/C21H20O6/c1-11(2)4-6-15-20(25)19-16(24)8-13(23)10-18(19)27-21(15)14-7-5-12(22)9-17(14)26-3/h4-5,7-10,22-24H,6H2,1-3H3. The van der Waals surface area contributed by atoms with Crippen molar-refractivity contribution < 1.29 is 24.5 Å². The second-order valence-corrected chi connectivity index (χ2v) is 6.45. The van der Waals surface area contributed by atoms with E-state index < -0.39 is 5.43 Å². The van der Waals surface area contributed by atoms with Gasteiger partial charge in [0.1, 0.15) is 39.7 Å². The highest BCUT2D eigenvalue weighted by molar-refractivity contribution is 5.87. The molecule has 6 nitrogen and oxygen atoms in total. The van der Waals surface area contributed by atoms with E-state index in [9.17, 15) is 20.1 Å². The molecule has 0 bridgehead atoms. The molecule has 1 heterocycles. The second kappa shape index (κ2) is 7.07. The average molecular weight is 368 g/mol. The van der Waals surface area contributed by atoms with Gasteiger partial charge in [0.15, 0.2) is 0 Å². The fourth-order valence-corrected chi connectivity index (χ4v) is 2.90. The lowest BCUT2D eigenvalue weighted by Crippen LogP contribution is -2.11. The minimum atomic E-state index is -0.392. The van der Waals surface area contributed by atoms with Gasteiger partial charge in [0.2, 0.25) is 5.43 Å². The number of hydrogen-bond donors (Lipinski definition) is 3. The molecule has 140 valence electrons. The highest BCUT2D eigenvalue weighted by Gasteiger charge is 2.21. The van der Waals surface area contributed by atoms with Crippen molar-refractivity contribution in [2.75, 3.05) is 7.11 Å². The number of ether oxygens (including phenoxy) is 1. The Morgan fingerprint density at radius 1 is 1.11 bits per heavy atom. The smallest absolute Gasteiger partial charge is 0.200 e. The molecule has 3 aromatic rings. The van der Waals surface area contributed by atoms with E-state index in [1.54, 1.807) is 6.07 Å². The van der Waals surface area contributed by atoms with Gasteiger partial charge in [-0.05, 0) is 32.4 Å². The predicted octanol–water partition coefficient (Wildman–Crippen LogP) is 4.09. The third kappa shape index (κ3) is 3.46. The van der Waals surface area contributed by atoms with Crippen LogP contribution in [0.2, 0.25) is 0 Å². The molecule has 0 fully saturated rings. The van der Waals surface area contributed by atoms with E-state index in [1.807, 2.05) is 19.9 Å². The molecule has 0 atom stereocenters. The topological polar surface area (TPSA) is 100 Å². The molecule has 1 aromatic heterocycles. The molecule has 0 unspecified atom stereocenters. The number of hydrogen-bond acceptors (Lipinski definition) is 6. The maximum absolute atomic E-state index is 13.1. The molecule has 0 spiro atoms. The molecule has 0 aliphatic heterocycles. The molecule has 2 aromatic carbocycles. The summed E-state index contributed by atoms with van der Waals surface area (Å²) in [6, 6.07) is 6.85. The molecule has 0 aliphatic rings. The van der Waals surface area contributed by atoms with Crippen LogP contribution >= 0.6 is 0 Å². The largest absolute Gasteiger partial charge is 0.508 e. The molecule has 6 heteroatoms. The van der Waals surface area contributed by atoms with Crippen LogP contribution in [-0.2, 0) is 6.42 Å². The van der Waals surface area contributed by atoms with Crippen molar-refractivity contribution in [2.45, 2.75) is 20.3 Å².